The number of hydrogen-bond acceptors (Lipinski definition) is 2. The van der Waals surface area contributed by atoms with Crippen molar-refractivity contribution in [3.63, 3.8) is 0 Å². The molecule has 110 valence electrons. The lowest BCUT2D eigenvalue weighted by atomic mass is 9.96. The fraction of sp³-hybridized carbons (Fsp3) is 0.294. The fourth-order valence-corrected chi connectivity index (χ4v) is 3.44. The summed E-state index contributed by atoms with van der Waals surface area (Å²) < 4.78 is 19.8. The van der Waals surface area contributed by atoms with Crippen LogP contribution in [0.25, 0.3) is 0 Å². The third kappa shape index (κ3) is 2.83. The Hall–Kier alpha value is -1.39. The van der Waals surface area contributed by atoms with Crippen molar-refractivity contribution in [3.05, 3.63) is 63.4 Å². The molecule has 1 aliphatic heterocycles. The van der Waals surface area contributed by atoms with Gasteiger partial charge in [0.1, 0.15) is 17.7 Å². The van der Waals surface area contributed by atoms with Gasteiger partial charge in [0.2, 0.25) is 0 Å². The molecule has 3 rings (SSSR count). The Bertz CT molecular complexity index is 674. The van der Waals surface area contributed by atoms with Crippen LogP contribution in [0.1, 0.15) is 29.7 Å². The third-order valence-corrected chi connectivity index (χ3v) is 4.50. The molecule has 2 aromatic carbocycles. The minimum absolute atomic E-state index is 0.0150. The van der Waals surface area contributed by atoms with Gasteiger partial charge in [-0.1, -0.05) is 34.1 Å². The first kappa shape index (κ1) is 14.5. The molecule has 1 heterocycles. The molecule has 0 aromatic heterocycles. The summed E-state index contributed by atoms with van der Waals surface area (Å²) in [6.45, 7) is 2.08. The lowest BCUT2D eigenvalue weighted by molar-refractivity contribution is 0.254. The summed E-state index contributed by atoms with van der Waals surface area (Å²) in [5, 5.41) is 3.30. The first-order valence-corrected chi connectivity index (χ1v) is 7.79. The van der Waals surface area contributed by atoms with Gasteiger partial charge in [-0.3, -0.25) is 0 Å². The highest BCUT2D eigenvalue weighted by atomic mass is 79.9. The molecule has 2 atom stereocenters. The van der Waals surface area contributed by atoms with E-state index in [1.54, 1.807) is 0 Å². The second-order valence-corrected chi connectivity index (χ2v) is 6.24. The molecule has 0 saturated carbocycles. The first-order valence-electron chi connectivity index (χ1n) is 7.00. The van der Waals surface area contributed by atoms with Gasteiger partial charge in [0, 0.05) is 10.9 Å². The second kappa shape index (κ2) is 5.78. The lowest BCUT2D eigenvalue weighted by Gasteiger charge is -2.19. The maximum Gasteiger partial charge on any atom is 0.124 e. The van der Waals surface area contributed by atoms with Crippen LogP contribution in [0.3, 0.4) is 0 Å². The number of halogens is 2. The highest BCUT2D eigenvalue weighted by Gasteiger charge is 2.22. The number of hydrogen-bond donors (Lipinski definition) is 1. The molecule has 0 amide bonds. The molecule has 21 heavy (non-hydrogen) atoms. The van der Waals surface area contributed by atoms with Crippen LogP contribution in [0.5, 0.6) is 5.75 Å². The summed E-state index contributed by atoms with van der Waals surface area (Å²) in [5.74, 6) is 0.732. The van der Waals surface area contributed by atoms with Crippen LogP contribution in [-0.4, -0.2) is 13.2 Å². The zero-order chi connectivity index (χ0) is 15.0. The molecule has 2 unspecified atom stereocenters. The number of benzene rings is 2. The van der Waals surface area contributed by atoms with Gasteiger partial charge in [-0.05, 0) is 48.9 Å². The van der Waals surface area contributed by atoms with Crippen molar-refractivity contribution in [1.82, 2.24) is 5.32 Å². The van der Waals surface area contributed by atoms with Crippen molar-refractivity contribution >= 4 is 15.9 Å². The van der Waals surface area contributed by atoms with E-state index in [1.807, 2.05) is 19.2 Å². The number of fused-ring (bicyclic) bond motifs is 1. The van der Waals surface area contributed by atoms with E-state index in [2.05, 4.69) is 40.3 Å². The summed E-state index contributed by atoms with van der Waals surface area (Å²) in [7, 11) is 1.91. The Morgan fingerprint density at radius 1 is 1.29 bits per heavy atom. The predicted molar refractivity (Wildman–Crippen MR) is 85.2 cm³/mol. The van der Waals surface area contributed by atoms with Gasteiger partial charge in [0.25, 0.3) is 0 Å². The van der Waals surface area contributed by atoms with E-state index in [-0.39, 0.29) is 18.0 Å². The Morgan fingerprint density at radius 2 is 2.10 bits per heavy atom. The van der Waals surface area contributed by atoms with Crippen molar-refractivity contribution in [2.24, 2.45) is 0 Å². The quantitative estimate of drug-likeness (QED) is 0.895. The van der Waals surface area contributed by atoms with Crippen LogP contribution in [0.4, 0.5) is 4.39 Å². The van der Waals surface area contributed by atoms with Gasteiger partial charge < -0.3 is 10.1 Å². The molecular formula is C17H17BrFNO. The van der Waals surface area contributed by atoms with Crippen LogP contribution < -0.4 is 10.1 Å². The van der Waals surface area contributed by atoms with Crippen LogP contribution in [0, 0.1) is 5.82 Å². The lowest BCUT2D eigenvalue weighted by Crippen LogP contribution is -2.18. The highest BCUT2D eigenvalue weighted by molar-refractivity contribution is 9.10. The normalized spacial score (nSPS) is 18.2. The van der Waals surface area contributed by atoms with E-state index < -0.39 is 0 Å². The molecule has 0 fully saturated rings. The highest BCUT2D eigenvalue weighted by Crippen LogP contribution is 2.34. The Kier molecular flexibility index (Phi) is 4.00. The predicted octanol–water partition coefficient (Wildman–Crippen LogP) is 4.22. The third-order valence-electron chi connectivity index (χ3n) is 3.82. The Balaban J connectivity index is 1.99. The molecule has 0 radical (unpaired) electrons. The SMILES string of the molecule is CNC(c1ccc2c(c1)CC(C)O2)c1ccc(F)cc1Br. The minimum Gasteiger partial charge on any atom is -0.490 e. The summed E-state index contributed by atoms with van der Waals surface area (Å²) in [6, 6.07) is 11.1. The molecule has 0 aliphatic carbocycles. The second-order valence-electron chi connectivity index (χ2n) is 5.39. The van der Waals surface area contributed by atoms with Gasteiger partial charge in [-0.15, -0.1) is 0 Å². The maximum absolute atomic E-state index is 13.3. The Labute approximate surface area is 132 Å². The summed E-state index contributed by atoms with van der Waals surface area (Å²) >= 11 is 3.45. The first-order chi connectivity index (χ1) is 10.1. The number of ether oxygens (including phenoxy) is 1. The number of rotatable bonds is 3. The van der Waals surface area contributed by atoms with Gasteiger partial charge in [-0.2, -0.15) is 0 Å². The van der Waals surface area contributed by atoms with E-state index in [0.717, 1.165) is 27.8 Å². The van der Waals surface area contributed by atoms with E-state index in [1.165, 1.54) is 17.7 Å². The fourth-order valence-electron chi connectivity index (χ4n) is 2.86. The molecule has 0 bridgehead atoms. The minimum atomic E-state index is -0.239. The monoisotopic (exact) mass is 349 g/mol. The summed E-state index contributed by atoms with van der Waals surface area (Å²) in [4.78, 5) is 0. The van der Waals surface area contributed by atoms with Crippen molar-refractivity contribution in [2.45, 2.75) is 25.5 Å². The van der Waals surface area contributed by atoms with Crippen LogP contribution in [0.15, 0.2) is 40.9 Å². The largest absolute Gasteiger partial charge is 0.490 e. The van der Waals surface area contributed by atoms with Crippen LogP contribution >= 0.6 is 15.9 Å². The molecular weight excluding hydrogens is 333 g/mol. The average Bonchev–Trinajstić information content (AvgIpc) is 2.81. The summed E-state index contributed by atoms with van der Waals surface area (Å²) in [5.41, 5.74) is 3.41. The molecule has 0 saturated heterocycles. The van der Waals surface area contributed by atoms with Crippen molar-refractivity contribution < 1.29 is 9.13 Å². The van der Waals surface area contributed by atoms with E-state index in [4.69, 9.17) is 4.74 Å². The van der Waals surface area contributed by atoms with E-state index >= 15 is 0 Å². The molecule has 2 aromatic rings. The molecule has 1 N–H and O–H groups in total. The van der Waals surface area contributed by atoms with Gasteiger partial charge in [-0.25, -0.2) is 4.39 Å². The summed E-state index contributed by atoms with van der Waals surface area (Å²) in [6.07, 6.45) is 1.17. The van der Waals surface area contributed by atoms with Gasteiger partial charge >= 0.3 is 0 Å². The van der Waals surface area contributed by atoms with Crippen molar-refractivity contribution in [3.8, 4) is 5.75 Å². The van der Waals surface area contributed by atoms with Gasteiger partial charge in [0.15, 0.2) is 0 Å². The Morgan fingerprint density at radius 3 is 2.81 bits per heavy atom. The average molecular weight is 350 g/mol. The molecule has 0 spiro atoms. The topological polar surface area (TPSA) is 21.3 Å². The van der Waals surface area contributed by atoms with Crippen LogP contribution in [-0.2, 0) is 6.42 Å². The van der Waals surface area contributed by atoms with Crippen molar-refractivity contribution in [1.29, 1.82) is 0 Å². The maximum atomic E-state index is 13.3. The smallest absolute Gasteiger partial charge is 0.124 e. The zero-order valence-corrected chi connectivity index (χ0v) is 13.6. The van der Waals surface area contributed by atoms with Crippen molar-refractivity contribution in [2.75, 3.05) is 7.05 Å². The number of nitrogens with one attached hydrogen (secondary N) is 1. The van der Waals surface area contributed by atoms with Gasteiger partial charge in [0.05, 0.1) is 6.04 Å². The zero-order valence-electron chi connectivity index (χ0n) is 12.0. The van der Waals surface area contributed by atoms with Crippen LogP contribution in [0.2, 0.25) is 0 Å². The van der Waals surface area contributed by atoms with E-state index in [9.17, 15) is 4.39 Å². The molecule has 1 aliphatic rings. The molecule has 2 nitrogen and oxygen atoms in total. The molecule has 4 heteroatoms. The standard InChI is InChI=1S/C17H17BrFNO/c1-10-7-12-8-11(3-6-16(12)21-10)17(20-2)14-5-4-13(19)9-15(14)18/h3-6,8-10,17,20H,7H2,1-2H3. The van der Waals surface area contributed by atoms with E-state index in [0.29, 0.717) is 0 Å².